The Morgan fingerprint density at radius 1 is 0.923 bits per heavy atom. The van der Waals surface area contributed by atoms with Crippen molar-refractivity contribution in [3.8, 4) is 17.2 Å². The van der Waals surface area contributed by atoms with Gasteiger partial charge >= 0.3 is 0 Å². The van der Waals surface area contributed by atoms with Gasteiger partial charge < -0.3 is 14.9 Å². The first-order valence-corrected chi connectivity index (χ1v) is 21.4. The molecule has 0 saturated heterocycles. The fourth-order valence-corrected chi connectivity index (χ4v) is 9.18. The van der Waals surface area contributed by atoms with Crippen LogP contribution in [0.1, 0.15) is 22.3 Å². The highest BCUT2D eigenvalue weighted by Gasteiger charge is 2.32. The van der Waals surface area contributed by atoms with Gasteiger partial charge in [0.05, 0.1) is 49.9 Å². The molecule has 0 amide bonds. The summed E-state index contributed by atoms with van der Waals surface area (Å²) in [6.07, 6.45) is 0. The Bertz CT molecular complexity index is 1750. The van der Waals surface area contributed by atoms with E-state index in [1.54, 1.807) is 43.5 Å². The first-order chi connectivity index (χ1) is 18.1. The Hall–Kier alpha value is -2.88. The molecular formula is C30H37NO5SSi2. The first-order valence-electron chi connectivity index (χ1n) is 12.9. The lowest BCUT2D eigenvalue weighted by atomic mass is 10.0. The molecule has 9 heteroatoms. The van der Waals surface area contributed by atoms with Gasteiger partial charge in [0.25, 0.3) is 10.0 Å². The third-order valence-corrected chi connectivity index (χ3v) is 11.4. The monoisotopic (exact) mass is 579 g/mol. The van der Waals surface area contributed by atoms with E-state index in [-0.39, 0.29) is 18.1 Å². The number of aryl methyl sites for hydroxylation is 1. The van der Waals surface area contributed by atoms with Gasteiger partial charge in [-0.2, -0.15) is 0 Å². The molecule has 0 unspecified atom stereocenters. The Morgan fingerprint density at radius 2 is 1.56 bits per heavy atom. The van der Waals surface area contributed by atoms with Gasteiger partial charge in [-0.25, -0.2) is 12.4 Å². The Balaban J connectivity index is 2.31. The van der Waals surface area contributed by atoms with Crippen molar-refractivity contribution in [2.24, 2.45) is 0 Å². The molecule has 4 aromatic rings. The third kappa shape index (κ3) is 5.32. The van der Waals surface area contributed by atoms with Crippen molar-refractivity contribution in [3.63, 3.8) is 0 Å². The Labute approximate surface area is 233 Å². The minimum absolute atomic E-state index is 0.166. The van der Waals surface area contributed by atoms with Crippen LogP contribution < -0.4 is 9.92 Å². The molecular weight excluding hydrogens is 543 g/mol. The Morgan fingerprint density at radius 3 is 2.08 bits per heavy atom. The van der Waals surface area contributed by atoms with Crippen LogP contribution in [-0.2, 0) is 23.2 Å². The molecule has 6 nitrogen and oxygen atoms in total. The number of hydrogen-bond acceptors (Lipinski definition) is 5. The summed E-state index contributed by atoms with van der Waals surface area (Å²) in [5, 5.41) is 23.2. The maximum Gasteiger partial charge on any atom is 0.268 e. The van der Waals surface area contributed by atoms with Gasteiger partial charge in [0.15, 0.2) is 0 Å². The van der Waals surface area contributed by atoms with Crippen molar-refractivity contribution in [2.75, 3.05) is 7.11 Å². The van der Waals surface area contributed by atoms with E-state index >= 15 is 0 Å². The fraction of sp³-hybridized carbons (Fsp3) is 0.333. The van der Waals surface area contributed by atoms with Gasteiger partial charge in [0.1, 0.15) is 13.8 Å². The predicted octanol–water partition coefficient (Wildman–Crippen LogP) is 5.11. The lowest BCUT2D eigenvalue weighted by Crippen LogP contribution is -2.41. The molecule has 0 fully saturated rings. The highest BCUT2D eigenvalue weighted by atomic mass is 32.2. The second kappa shape index (κ2) is 10.3. The molecule has 0 spiro atoms. The summed E-state index contributed by atoms with van der Waals surface area (Å²) in [4.78, 5) is 0.166. The molecule has 0 aliphatic carbocycles. The number of nitrogens with zero attached hydrogens (tertiary/aromatic N) is 1. The molecule has 0 aliphatic heterocycles. The maximum absolute atomic E-state index is 14.3. The van der Waals surface area contributed by atoms with Crippen LogP contribution in [0.15, 0.2) is 47.4 Å². The zero-order valence-corrected chi connectivity index (χ0v) is 26.7. The van der Waals surface area contributed by atoms with E-state index in [0.717, 1.165) is 21.5 Å². The van der Waals surface area contributed by atoms with Crippen LogP contribution in [-0.4, -0.2) is 45.9 Å². The van der Waals surface area contributed by atoms with Crippen molar-refractivity contribution in [2.45, 2.75) is 64.3 Å². The lowest BCUT2D eigenvalue weighted by Gasteiger charge is -2.24. The van der Waals surface area contributed by atoms with Gasteiger partial charge in [0.2, 0.25) is 0 Å². The predicted molar refractivity (Wildman–Crippen MR) is 165 cm³/mol. The van der Waals surface area contributed by atoms with E-state index < -0.39 is 26.2 Å². The smallest absolute Gasteiger partial charge is 0.268 e. The van der Waals surface area contributed by atoms with Gasteiger partial charge in [-0.05, 0) is 47.5 Å². The second-order valence-electron chi connectivity index (χ2n) is 12.0. The number of fused-ring (bicyclic) bond motifs is 3. The fourth-order valence-electron chi connectivity index (χ4n) is 5.01. The quantitative estimate of drug-likeness (QED) is 0.245. The van der Waals surface area contributed by atoms with Gasteiger partial charge in [-0.3, -0.25) is 0 Å². The number of ether oxygens (including phenoxy) is 1. The Kier molecular flexibility index (Phi) is 7.66. The summed E-state index contributed by atoms with van der Waals surface area (Å²) in [5.74, 6) is 3.80. The van der Waals surface area contributed by atoms with E-state index in [1.807, 2.05) is 13.0 Å². The van der Waals surface area contributed by atoms with E-state index in [9.17, 15) is 18.6 Å². The number of benzene rings is 3. The van der Waals surface area contributed by atoms with E-state index in [1.165, 1.54) is 3.97 Å². The van der Waals surface area contributed by atoms with Crippen LogP contribution >= 0.6 is 0 Å². The van der Waals surface area contributed by atoms with Crippen molar-refractivity contribution < 1.29 is 23.4 Å². The number of rotatable bonds is 6. The number of aliphatic hydroxyl groups is 2. The summed E-state index contributed by atoms with van der Waals surface area (Å²) in [6, 6.07) is 12.2. The van der Waals surface area contributed by atoms with Crippen molar-refractivity contribution >= 4 is 53.2 Å². The minimum Gasteiger partial charge on any atom is -0.495 e. The van der Waals surface area contributed by atoms with E-state index in [0.29, 0.717) is 33.5 Å². The SMILES string of the molecule is COc1cc2c(cc1C#C[Si](C)(C)C)c1c([Si](C)(C)C)c(CO)c(CO)cc1n2S(=O)(=O)c1ccc(C)cc1. The van der Waals surface area contributed by atoms with Gasteiger partial charge in [0, 0.05) is 16.8 Å². The molecule has 2 N–H and O–H groups in total. The van der Waals surface area contributed by atoms with E-state index in [2.05, 4.69) is 50.7 Å². The summed E-state index contributed by atoms with van der Waals surface area (Å²) < 4.78 is 35.7. The molecule has 0 aliphatic rings. The number of hydrogen-bond donors (Lipinski definition) is 2. The van der Waals surface area contributed by atoms with Crippen molar-refractivity contribution in [1.29, 1.82) is 0 Å². The molecule has 206 valence electrons. The molecule has 3 aromatic carbocycles. The van der Waals surface area contributed by atoms with Crippen molar-refractivity contribution in [1.82, 2.24) is 3.97 Å². The van der Waals surface area contributed by atoms with Crippen LogP contribution in [0.2, 0.25) is 39.3 Å². The van der Waals surface area contributed by atoms with Crippen LogP contribution in [0, 0.1) is 18.4 Å². The number of methoxy groups -OCH3 is 1. The third-order valence-electron chi connectivity index (χ3n) is 6.74. The average molecular weight is 580 g/mol. The molecule has 1 aromatic heterocycles. The summed E-state index contributed by atoms with van der Waals surface area (Å²) in [6.45, 7) is 14.3. The topological polar surface area (TPSA) is 88.8 Å². The van der Waals surface area contributed by atoms with Gasteiger partial charge in [-0.1, -0.05) is 62.9 Å². The molecule has 0 atom stereocenters. The largest absolute Gasteiger partial charge is 0.495 e. The molecule has 0 radical (unpaired) electrons. The number of aliphatic hydroxyl groups excluding tert-OH is 2. The molecule has 0 saturated carbocycles. The lowest BCUT2D eigenvalue weighted by molar-refractivity contribution is 0.261. The van der Waals surface area contributed by atoms with E-state index in [4.69, 9.17) is 4.74 Å². The zero-order chi connectivity index (χ0) is 28.9. The first kappa shape index (κ1) is 29.1. The highest BCUT2D eigenvalue weighted by molar-refractivity contribution is 7.90. The molecule has 1 heterocycles. The summed E-state index contributed by atoms with van der Waals surface area (Å²) in [7, 11) is -6.38. The minimum atomic E-state index is -4.04. The number of aromatic nitrogens is 1. The van der Waals surface area contributed by atoms with Crippen LogP contribution in [0.3, 0.4) is 0 Å². The van der Waals surface area contributed by atoms with Crippen LogP contribution in [0.5, 0.6) is 5.75 Å². The maximum atomic E-state index is 14.3. The molecule has 4 rings (SSSR count). The molecule has 0 bridgehead atoms. The normalized spacial score (nSPS) is 12.6. The second-order valence-corrected chi connectivity index (χ2v) is 23.5. The average Bonchev–Trinajstić information content (AvgIpc) is 3.17. The molecule has 39 heavy (non-hydrogen) atoms. The van der Waals surface area contributed by atoms with Crippen LogP contribution in [0.4, 0.5) is 0 Å². The summed E-state index contributed by atoms with van der Waals surface area (Å²) in [5.41, 5.74) is 7.19. The highest BCUT2D eigenvalue weighted by Crippen LogP contribution is 2.38. The standard InChI is InChI=1S/C30H37NO5SSi2/c1-20-9-11-23(12-10-20)37(34,35)31-26-17-28(36-2)21(13-14-38(3,4)5)15-24(26)29-27(31)16-22(18-32)25(19-33)30(29)39(6,7)8/h9-12,15-17,32-33H,18-19H2,1-8H3. The van der Waals surface area contributed by atoms with Gasteiger partial charge in [-0.15, -0.1) is 5.54 Å². The van der Waals surface area contributed by atoms with Crippen LogP contribution in [0.25, 0.3) is 21.8 Å². The summed E-state index contributed by atoms with van der Waals surface area (Å²) >= 11 is 0. The zero-order valence-electron chi connectivity index (χ0n) is 23.9. The van der Waals surface area contributed by atoms with Crippen molar-refractivity contribution in [3.05, 3.63) is 64.7 Å².